The zero-order valence-electron chi connectivity index (χ0n) is 12.2. The zero-order valence-corrected chi connectivity index (χ0v) is 12.2. The number of aliphatic carboxylic acids is 1. The molecule has 1 aliphatic heterocycles. The van der Waals surface area contributed by atoms with E-state index in [1.807, 2.05) is 25.1 Å². The van der Waals surface area contributed by atoms with E-state index in [1.54, 1.807) is 7.11 Å². The van der Waals surface area contributed by atoms with Gasteiger partial charge in [0.2, 0.25) is 5.91 Å². The highest BCUT2D eigenvalue weighted by Crippen LogP contribution is 2.21. The Balaban J connectivity index is 2.07. The van der Waals surface area contributed by atoms with Gasteiger partial charge in [-0.1, -0.05) is 17.7 Å². The molecule has 1 N–H and O–H groups in total. The van der Waals surface area contributed by atoms with Gasteiger partial charge >= 0.3 is 5.97 Å². The summed E-state index contributed by atoms with van der Waals surface area (Å²) in [6.07, 6.45) is -0.751. The van der Waals surface area contributed by atoms with E-state index in [1.165, 1.54) is 4.90 Å². The van der Waals surface area contributed by atoms with Gasteiger partial charge in [0, 0.05) is 12.1 Å². The van der Waals surface area contributed by atoms with Crippen molar-refractivity contribution in [2.24, 2.45) is 0 Å². The van der Waals surface area contributed by atoms with Crippen molar-refractivity contribution in [3.05, 3.63) is 29.3 Å². The maximum absolute atomic E-state index is 12.3. The van der Waals surface area contributed by atoms with Crippen LogP contribution >= 0.6 is 0 Å². The summed E-state index contributed by atoms with van der Waals surface area (Å²) in [5.74, 6) is -0.494. The monoisotopic (exact) mass is 293 g/mol. The second kappa shape index (κ2) is 6.58. The molecule has 0 spiro atoms. The predicted octanol–water partition coefficient (Wildman–Crippen LogP) is 0.858. The third-order valence-electron chi connectivity index (χ3n) is 3.47. The van der Waals surface area contributed by atoms with Crippen molar-refractivity contribution in [3.63, 3.8) is 0 Å². The topological polar surface area (TPSA) is 76.1 Å². The van der Waals surface area contributed by atoms with E-state index in [9.17, 15) is 9.59 Å². The number of benzene rings is 1. The number of aryl methyl sites for hydroxylation is 1. The molecule has 0 aliphatic carbocycles. The van der Waals surface area contributed by atoms with Gasteiger partial charge in [-0.05, 0) is 13.0 Å². The summed E-state index contributed by atoms with van der Waals surface area (Å²) in [5.41, 5.74) is 1.85. The fourth-order valence-corrected chi connectivity index (χ4v) is 2.35. The van der Waals surface area contributed by atoms with E-state index >= 15 is 0 Å². The van der Waals surface area contributed by atoms with Gasteiger partial charge < -0.3 is 19.5 Å². The molecule has 6 heteroatoms. The van der Waals surface area contributed by atoms with E-state index in [0.717, 1.165) is 11.1 Å². The molecule has 1 aliphatic rings. The van der Waals surface area contributed by atoms with Gasteiger partial charge in [-0.3, -0.25) is 4.79 Å². The predicted molar refractivity (Wildman–Crippen MR) is 75.4 cm³/mol. The minimum absolute atomic E-state index is 0.0856. The average Bonchev–Trinajstić information content (AvgIpc) is 2.47. The lowest BCUT2D eigenvalue weighted by Gasteiger charge is -2.31. The molecule has 1 atom stereocenters. The van der Waals surface area contributed by atoms with Gasteiger partial charge in [0.1, 0.15) is 5.75 Å². The zero-order chi connectivity index (χ0) is 15.4. The van der Waals surface area contributed by atoms with Crippen molar-refractivity contribution < 1.29 is 24.2 Å². The first-order chi connectivity index (χ1) is 10.0. The molecule has 2 rings (SSSR count). The molecular weight excluding hydrogens is 274 g/mol. The summed E-state index contributed by atoms with van der Waals surface area (Å²) < 4.78 is 10.4. The molecule has 21 heavy (non-hydrogen) atoms. The summed E-state index contributed by atoms with van der Waals surface area (Å²) in [5, 5.41) is 8.96. The Morgan fingerprint density at radius 3 is 2.90 bits per heavy atom. The molecule has 0 radical (unpaired) electrons. The van der Waals surface area contributed by atoms with E-state index in [2.05, 4.69) is 0 Å². The van der Waals surface area contributed by atoms with Crippen molar-refractivity contribution in [1.29, 1.82) is 0 Å². The van der Waals surface area contributed by atoms with Crippen LogP contribution in [0.25, 0.3) is 0 Å². The Labute approximate surface area is 123 Å². The Bertz CT molecular complexity index is 543. The first-order valence-electron chi connectivity index (χ1n) is 6.77. The SMILES string of the molecule is COc1ccc(C)cc1CC(=O)N1CCOC(C(=O)O)C1. The van der Waals surface area contributed by atoms with Gasteiger partial charge in [-0.25, -0.2) is 4.79 Å². The van der Waals surface area contributed by atoms with Gasteiger partial charge in [0.25, 0.3) is 0 Å². The lowest BCUT2D eigenvalue weighted by atomic mass is 10.1. The second-order valence-corrected chi connectivity index (χ2v) is 5.03. The van der Waals surface area contributed by atoms with Gasteiger partial charge in [-0.15, -0.1) is 0 Å². The van der Waals surface area contributed by atoms with Gasteiger partial charge in [-0.2, -0.15) is 0 Å². The van der Waals surface area contributed by atoms with Gasteiger partial charge in [0.15, 0.2) is 6.10 Å². The van der Waals surface area contributed by atoms with Crippen LogP contribution in [0.4, 0.5) is 0 Å². The van der Waals surface area contributed by atoms with Crippen LogP contribution in [0.5, 0.6) is 5.75 Å². The van der Waals surface area contributed by atoms with Gasteiger partial charge in [0.05, 0.1) is 26.7 Å². The van der Waals surface area contributed by atoms with Crippen LogP contribution in [0.2, 0.25) is 0 Å². The molecule has 0 bridgehead atoms. The molecule has 0 aromatic heterocycles. The Morgan fingerprint density at radius 2 is 2.24 bits per heavy atom. The molecule has 114 valence electrons. The van der Waals surface area contributed by atoms with Crippen LogP contribution in [-0.4, -0.2) is 54.8 Å². The molecule has 1 aromatic carbocycles. The van der Waals surface area contributed by atoms with Crippen LogP contribution in [0, 0.1) is 6.92 Å². The van der Waals surface area contributed by atoms with E-state index in [-0.39, 0.29) is 25.5 Å². The highest BCUT2D eigenvalue weighted by Gasteiger charge is 2.29. The average molecular weight is 293 g/mol. The number of amides is 1. The van der Waals surface area contributed by atoms with Crippen molar-refractivity contribution >= 4 is 11.9 Å². The van der Waals surface area contributed by atoms with Crippen molar-refractivity contribution in [2.45, 2.75) is 19.4 Å². The van der Waals surface area contributed by atoms with Crippen LogP contribution in [-0.2, 0) is 20.7 Å². The Hall–Kier alpha value is -2.08. The fourth-order valence-electron chi connectivity index (χ4n) is 2.35. The highest BCUT2D eigenvalue weighted by molar-refractivity contribution is 5.81. The minimum atomic E-state index is -1.04. The first-order valence-corrected chi connectivity index (χ1v) is 6.77. The summed E-state index contributed by atoms with van der Waals surface area (Å²) >= 11 is 0. The third kappa shape index (κ3) is 3.72. The largest absolute Gasteiger partial charge is 0.496 e. The summed E-state index contributed by atoms with van der Waals surface area (Å²) in [7, 11) is 1.56. The van der Waals surface area contributed by atoms with Crippen LogP contribution in [0.1, 0.15) is 11.1 Å². The minimum Gasteiger partial charge on any atom is -0.496 e. The number of rotatable bonds is 4. The fraction of sp³-hybridized carbons (Fsp3) is 0.467. The quantitative estimate of drug-likeness (QED) is 0.891. The molecule has 1 saturated heterocycles. The summed E-state index contributed by atoms with van der Waals surface area (Å²) in [4.78, 5) is 24.8. The normalized spacial score (nSPS) is 18.4. The second-order valence-electron chi connectivity index (χ2n) is 5.03. The van der Waals surface area contributed by atoms with E-state index in [0.29, 0.717) is 12.3 Å². The molecule has 1 unspecified atom stereocenters. The van der Waals surface area contributed by atoms with E-state index < -0.39 is 12.1 Å². The number of carboxylic acid groups (broad SMARTS) is 1. The molecule has 1 aromatic rings. The van der Waals surface area contributed by atoms with Crippen molar-refractivity contribution in [2.75, 3.05) is 26.8 Å². The number of methoxy groups -OCH3 is 1. The molecular formula is C15H19NO5. The summed E-state index contributed by atoms with van der Waals surface area (Å²) in [6, 6.07) is 5.66. The van der Waals surface area contributed by atoms with E-state index in [4.69, 9.17) is 14.6 Å². The van der Waals surface area contributed by atoms with Crippen LogP contribution in [0.3, 0.4) is 0 Å². The Kier molecular flexibility index (Phi) is 4.80. The number of carboxylic acids is 1. The molecule has 6 nitrogen and oxygen atoms in total. The number of nitrogens with zero attached hydrogens (tertiary/aromatic N) is 1. The number of ether oxygens (including phenoxy) is 2. The number of hydrogen-bond donors (Lipinski definition) is 1. The highest BCUT2D eigenvalue weighted by atomic mass is 16.5. The maximum atomic E-state index is 12.3. The smallest absolute Gasteiger partial charge is 0.334 e. The third-order valence-corrected chi connectivity index (χ3v) is 3.47. The van der Waals surface area contributed by atoms with Crippen LogP contribution < -0.4 is 4.74 Å². The Morgan fingerprint density at radius 1 is 1.48 bits per heavy atom. The molecule has 1 heterocycles. The number of carbonyl (C=O) groups is 2. The standard InChI is InChI=1S/C15H19NO5/c1-10-3-4-12(20-2)11(7-10)8-14(17)16-5-6-21-13(9-16)15(18)19/h3-4,7,13H,5-6,8-9H2,1-2H3,(H,18,19). The van der Waals surface area contributed by atoms with Crippen molar-refractivity contribution in [1.82, 2.24) is 4.90 Å². The molecule has 1 fully saturated rings. The number of carbonyl (C=O) groups excluding carboxylic acids is 1. The maximum Gasteiger partial charge on any atom is 0.334 e. The van der Waals surface area contributed by atoms with Crippen LogP contribution in [0.15, 0.2) is 18.2 Å². The summed E-state index contributed by atoms with van der Waals surface area (Å²) in [6.45, 7) is 2.69. The lowest BCUT2D eigenvalue weighted by molar-refractivity contribution is -0.159. The lowest BCUT2D eigenvalue weighted by Crippen LogP contribution is -2.49. The number of hydrogen-bond acceptors (Lipinski definition) is 4. The number of morpholine rings is 1. The van der Waals surface area contributed by atoms with Crippen molar-refractivity contribution in [3.8, 4) is 5.75 Å². The molecule has 0 saturated carbocycles. The first kappa shape index (κ1) is 15.3. The molecule has 1 amide bonds.